The Bertz CT molecular complexity index is 2660. The summed E-state index contributed by atoms with van der Waals surface area (Å²) in [7, 11) is -3.76. The molecule has 8 aromatic rings. The first-order chi connectivity index (χ1) is 25.0. The molecule has 0 aliphatic rings. The normalized spacial score (nSPS) is 11.4. The van der Waals surface area contributed by atoms with E-state index in [4.69, 9.17) is 15.2 Å². The molecule has 0 aliphatic heterocycles. The molecular weight excluding hydrogens is 673 g/mol. The minimum absolute atomic E-state index is 0.126. The van der Waals surface area contributed by atoms with Gasteiger partial charge < -0.3 is 5.32 Å². The number of benzene rings is 5. The van der Waals surface area contributed by atoms with Crippen LogP contribution in [0.4, 0.5) is 11.5 Å². The first kappa shape index (κ1) is 32.0. The molecule has 3 heterocycles. The lowest BCUT2D eigenvalue weighted by Gasteiger charge is -2.14. The standard InChI is InChI=1S/C41H28N6O2S2/c42-25-33-34(28-15-7-2-8-16-28)39-38(36-35(29-17-9-3-10-18-29)37(46-47-41(36)50-39)30-19-11-4-12-20-30)45-40(33)44-31-21-23-32(24-22-31)51(48,49)43-26-27-13-5-1-6-14-27/h1-24,43H,26H2,(H,44,45). The van der Waals surface area contributed by atoms with E-state index in [2.05, 4.69) is 28.2 Å². The van der Waals surface area contributed by atoms with Gasteiger partial charge in [0.25, 0.3) is 0 Å². The van der Waals surface area contributed by atoms with Gasteiger partial charge in [-0.05, 0) is 41.0 Å². The second kappa shape index (κ2) is 13.6. The van der Waals surface area contributed by atoms with E-state index in [0.717, 1.165) is 49.2 Å². The molecule has 0 atom stereocenters. The molecule has 8 rings (SSSR count). The Kier molecular flexibility index (Phi) is 8.51. The Labute approximate surface area is 298 Å². The number of aromatic nitrogens is 3. The molecule has 0 amide bonds. The number of fused-ring (bicyclic) bond motifs is 3. The highest BCUT2D eigenvalue weighted by Gasteiger charge is 2.25. The Morgan fingerprint density at radius 3 is 1.84 bits per heavy atom. The number of nitrogens with zero attached hydrogens (tertiary/aromatic N) is 4. The van der Waals surface area contributed by atoms with E-state index in [1.54, 1.807) is 12.1 Å². The first-order valence-electron chi connectivity index (χ1n) is 16.1. The van der Waals surface area contributed by atoms with Crippen LogP contribution >= 0.6 is 11.3 Å². The van der Waals surface area contributed by atoms with Crippen LogP contribution in [0.1, 0.15) is 11.1 Å². The molecule has 0 aliphatic carbocycles. The highest BCUT2D eigenvalue weighted by molar-refractivity contribution is 7.89. The molecule has 8 nitrogen and oxygen atoms in total. The molecule has 0 fully saturated rings. The van der Waals surface area contributed by atoms with Crippen LogP contribution in [0.3, 0.4) is 0 Å². The summed E-state index contributed by atoms with van der Waals surface area (Å²) in [6.07, 6.45) is 0. The third-order valence-corrected chi connectivity index (χ3v) is 11.0. The summed E-state index contributed by atoms with van der Waals surface area (Å²) in [4.78, 5) is 5.98. The first-order valence-corrected chi connectivity index (χ1v) is 18.4. The average molecular weight is 701 g/mol. The van der Waals surface area contributed by atoms with Crippen molar-refractivity contribution in [2.45, 2.75) is 11.4 Å². The summed E-state index contributed by atoms with van der Waals surface area (Å²) in [5.41, 5.74) is 7.60. The van der Waals surface area contributed by atoms with Gasteiger partial charge in [-0.15, -0.1) is 21.5 Å². The number of nitrogens with one attached hydrogen (secondary N) is 2. The van der Waals surface area contributed by atoms with E-state index in [-0.39, 0.29) is 11.4 Å². The highest BCUT2D eigenvalue weighted by Crippen LogP contribution is 2.47. The van der Waals surface area contributed by atoms with Crippen molar-refractivity contribution in [2.24, 2.45) is 0 Å². The van der Waals surface area contributed by atoms with Crippen molar-refractivity contribution in [3.63, 3.8) is 0 Å². The molecule has 10 heteroatoms. The van der Waals surface area contributed by atoms with Gasteiger partial charge in [0.2, 0.25) is 10.0 Å². The van der Waals surface area contributed by atoms with Gasteiger partial charge in [-0.3, -0.25) is 0 Å². The van der Waals surface area contributed by atoms with Gasteiger partial charge in [0.05, 0.1) is 15.1 Å². The molecule has 0 radical (unpaired) electrons. The smallest absolute Gasteiger partial charge is 0.240 e. The summed E-state index contributed by atoms with van der Waals surface area (Å²) >= 11 is 1.46. The van der Waals surface area contributed by atoms with Crippen molar-refractivity contribution in [2.75, 3.05) is 5.32 Å². The largest absolute Gasteiger partial charge is 0.339 e. The van der Waals surface area contributed by atoms with Crippen LogP contribution in [0.5, 0.6) is 0 Å². The number of nitriles is 1. The van der Waals surface area contributed by atoms with Crippen molar-refractivity contribution >= 4 is 53.3 Å². The fourth-order valence-corrected chi connectivity index (χ4v) is 8.28. The summed E-state index contributed by atoms with van der Waals surface area (Å²) in [5.74, 6) is 0.346. The molecule has 0 unspecified atom stereocenters. The van der Waals surface area contributed by atoms with Crippen LogP contribution in [0, 0.1) is 11.3 Å². The second-order valence-electron chi connectivity index (χ2n) is 11.8. The molecule has 2 N–H and O–H groups in total. The molecular formula is C41H28N6O2S2. The van der Waals surface area contributed by atoms with Gasteiger partial charge in [-0.1, -0.05) is 121 Å². The molecule has 51 heavy (non-hydrogen) atoms. The fourth-order valence-electron chi connectivity index (χ4n) is 6.12. The van der Waals surface area contributed by atoms with Crippen molar-refractivity contribution in [3.8, 4) is 39.6 Å². The molecule has 5 aromatic carbocycles. The predicted molar refractivity (Wildman–Crippen MR) is 204 cm³/mol. The molecule has 0 saturated carbocycles. The van der Waals surface area contributed by atoms with Gasteiger partial charge in [0, 0.05) is 34.3 Å². The number of sulfonamides is 1. The average Bonchev–Trinajstić information content (AvgIpc) is 3.56. The maximum absolute atomic E-state index is 13.1. The van der Waals surface area contributed by atoms with Gasteiger partial charge in [0.1, 0.15) is 28.0 Å². The molecule has 246 valence electrons. The van der Waals surface area contributed by atoms with E-state index in [1.807, 2.05) is 109 Å². The minimum Gasteiger partial charge on any atom is -0.339 e. The van der Waals surface area contributed by atoms with Crippen molar-refractivity contribution in [1.29, 1.82) is 5.26 Å². The number of anilines is 2. The Hall–Kier alpha value is -6.25. The van der Waals surface area contributed by atoms with E-state index in [0.29, 0.717) is 27.4 Å². The zero-order valence-corrected chi connectivity index (χ0v) is 28.6. The third-order valence-electron chi connectivity index (χ3n) is 8.55. The van der Waals surface area contributed by atoms with E-state index >= 15 is 0 Å². The van der Waals surface area contributed by atoms with Crippen LogP contribution in [-0.2, 0) is 16.6 Å². The zero-order valence-electron chi connectivity index (χ0n) is 27.0. The van der Waals surface area contributed by atoms with Gasteiger partial charge in [-0.25, -0.2) is 18.1 Å². The van der Waals surface area contributed by atoms with Crippen LogP contribution < -0.4 is 10.0 Å². The van der Waals surface area contributed by atoms with Crippen LogP contribution in [-0.4, -0.2) is 23.6 Å². The topological polar surface area (TPSA) is 121 Å². The predicted octanol–water partition coefficient (Wildman–Crippen LogP) is 9.33. The molecule has 3 aromatic heterocycles. The summed E-state index contributed by atoms with van der Waals surface area (Å²) in [5, 5.41) is 24.3. The number of thiophene rings is 1. The lowest BCUT2D eigenvalue weighted by Crippen LogP contribution is -2.23. The van der Waals surface area contributed by atoms with Crippen molar-refractivity contribution in [3.05, 3.63) is 157 Å². The Morgan fingerprint density at radius 1 is 0.667 bits per heavy atom. The van der Waals surface area contributed by atoms with Gasteiger partial charge in [0.15, 0.2) is 0 Å². The van der Waals surface area contributed by atoms with Crippen molar-refractivity contribution in [1.82, 2.24) is 19.9 Å². The lowest BCUT2D eigenvalue weighted by molar-refractivity contribution is 0.581. The Morgan fingerprint density at radius 2 is 1.24 bits per heavy atom. The number of hydrogen-bond donors (Lipinski definition) is 2. The highest BCUT2D eigenvalue weighted by atomic mass is 32.2. The van der Waals surface area contributed by atoms with Crippen LogP contribution in [0.2, 0.25) is 0 Å². The second-order valence-corrected chi connectivity index (χ2v) is 14.5. The van der Waals surface area contributed by atoms with E-state index in [9.17, 15) is 13.7 Å². The van der Waals surface area contributed by atoms with Gasteiger partial charge >= 0.3 is 0 Å². The number of hydrogen-bond acceptors (Lipinski definition) is 8. The van der Waals surface area contributed by atoms with Crippen LogP contribution in [0.15, 0.2) is 150 Å². The lowest BCUT2D eigenvalue weighted by atomic mass is 9.95. The molecule has 0 spiro atoms. The van der Waals surface area contributed by atoms with Crippen molar-refractivity contribution < 1.29 is 8.42 Å². The third kappa shape index (κ3) is 6.22. The number of pyridine rings is 1. The quantitative estimate of drug-likeness (QED) is 0.154. The van der Waals surface area contributed by atoms with E-state index < -0.39 is 10.0 Å². The summed E-state index contributed by atoms with van der Waals surface area (Å²) < 4.78 is 29.7. The minimum atomic E-state index is -3.76. The summed E-state index contributed by atoms with van der Waals surface area (Å²) in [6, 6.07) is 48.0. The fraction of sp³-hybridized carbons (Fsp3) is 0.0244. The van der Waals surface area contributed by atoms with E-state index in [1.165, 1.54) is 23.5 Å². The maximum atomic E-state index is 13.1. The van der Waals surface area contributed by atoms with Gasteiger partial charge in [-0.2, -0.15) is 5.26 Å². The summed E-state index contributed by atoms with van der Waals surface area (Å²) in [6.45, 7) is 0.177. The maximum Gasteiger partial charge on any atom is 0.240 e. The Balaban J connectivity index is 1.29. The van der Waals surface area contributed by atoms with Crippen LogP contribution in [0.25, 0.3) is 53.9 Å². The number of rotatable bonds is 9. The monoisotopic (exact) mass is 700 g/mol. The zero-order chi connectivity index (χ0) is 34.8. The molecule has 0 bridgehead atoms. The molecule has 0 saturated heterocycles. The SMILES string of the molecule is N#Cc1c(Nc2ccc(S(=O)(=O)NCc3ccccc3)cc2)nc2c(sc3nnc(-c4ccccc4)c(-c4ccccc4)c32)c1-c1ccccc1.